The van der Waals surface area contributed by atoms with Gasteiger partial charge >= 0.3 is 5.97 Å². The molecule has 0 spiro atoms. The minimum absolute atomic E-state index is 0.0324. The Labute approximate surface area is 202 Å². The van der Waals surface area contributed by atoms with E-state index < -0.39 is 0 Å². The SMILES string of the molecule is CC(C)C(C)CCCC1CCC2C3CC=C4CC(OC(=O)CCl)CCC4(C)C3CCC12C. The third kappa shape index (κ3) is 4.44. The Kier molecular flexibility index (Phi) is 7.41. The van der Waals surface area contributed by atoms with E-state index in [0.29, 0.717) is 10.8 Å². The first-order chi connectivity index (χ1) is 15.2. The third-order valence-electron chi connectivity index (χ3n) is 11.0. The molecule has 8 atom stereocenters. The number of alkyl halides is 1. The Morgan fingerprint density at radius 2 is 1.91 bits per heavy atom. The highest BCUT2D eigenvalue weighted by atomic mass is 35.5. The fourth-order valence-corrected chi connectivity index (χ4v) is 8.61. The van der Waals surface area contributed by atoms with E-state index >= 15 is 0 Å². The molecule has 4 aliphatic rings. The first-order valence-electron chi connectivity index (χ1n) is 13.6. The zero-order valence-electron chi connectivity index (χ0n) is 21.3. The van der Waals surface area contributed by atoms with Crippen LogP contribution in [0.15, 0.2) is 11.6 Å². The molecule has 0 heterocycles. The molecule has 0 aromatic rings. The van der Waals surface area contributed by atoms with Crippen LogP contribution in [0, 0.1) is 46.3 Å². The molecule has 0 N–H and O–H groups in total. The van der Waals surface area contributed by atoms with Crippen LogP contribution >= 0.6 is 11.6 Å². The summed E-state index contributed by atoms with van der Waals surface area (Å²) in [5.74, 6) is 4.92. The van der Waals surface area contributed by atoms with Gasteiger partial charge in [0.1, 0.15) is 12.0 Å². The van der Waals surface area contributed by atoms with E-state index in [1.165, 1.54) is 57.8 Å². The highest BCUT2D eigenvalue weighted by molar-refractivity contribution is 6.26. The summed E-state index contributed by atoms with van der Waals surface area (Å²) < 4.78 is 5.63. The van der Waals surface area contributed by atoms with Crippen molar-refractivity contribution in [1.82, 2.24) is 0 Å². The van der Waals surface area contributed by atoms with Crippen molar-refractivity contribution in [1.29, 1.82) is 0 Å². The topological polar surface area (TPSA) is 26.3 Å². The second kappa shape index (κ2) is 9.63. The fraction of sp³-hybridized carbons (Fsp3) is 0.897. The Hall–Kier alpha value is -0.500. The first kappa shape index (κ1) is 24.6. The highest BCUT2D eigenvalue weighted by Gasteiger charge is 2.58. The molecule has 4 aliphatic carbocycles. The number of halogens is 1. The first-order valence-corrected chi connectivity index (χ1v) is 14.2. The molecule has 0 bridgehead atoms. The van der Waals surface area contributed by atoms with Crippen LogP contribution in [0.2, 0.25) is 0 Å². The number of allylic oxidation sites excluding steroid dienone is 1. The second-order valence-corrected chi connectivity index (χ2v) is 13.0. The van der Waals surface area contributed by atoms with Gasteiger partial charge in [0.05, 0.1) is 0 Å². The average Bonchev–Trinajstić information content (AvgIpc) is 3.10. The predicted molar refractivity (Wildman–Crippen MR) is 134 cm³/mol. The zero-order valence-corrected chi connectivity index (χ0v) is 22.1. The molecule has 4 rings (SSSR count). The minimum atomic E-state index is -0.261. The van der Waals surface area contributed by atoms with Crippen molar-refractivity contribution >= 4 is 17.6 Å². The van der Waals surface area contributed by atoms with E-state index in [1.54, 1.807) is 5.57 Å². The summed E-state index contributed by atoms with van der Waals surface area (Å²) in [5, 5.41) is 0. The van der Waals surface area contributed by atoms with Gasteiger partial charge < -0.3 is 4.74 Å². The maximum Gasteiger partial charge on any atom is 0.321 e. The smallest absolute Gasteiger partial charge is 0.321 e. The number of rotatable bonds is 7. The Balaban J connectivity index is 1.42. The van der Waals surface area contributed by atoms with Crippen molar-refractivity contribution in [2.45, 2.75) is 111 Å². The lowest BCUT2D eigenvalue weighted by molar-refractivity contribution is -0.148. The van der Waals surface area contributed by atoms with Crippen molar-refractivity contribution in [3.8, 4) is 0 Å². The van der Waals surface area contributed by atoms with E-state index in [1.807, 2.05) is 0 Å². The van der Waals surface area contributed by atoms with E-state index in [0.717, 1.165) is 48.3 Å². The quantitative estimate of drug-likeness (QED) is 0.216. The molecule has 0 saturated heterocycles. The standard InChI is InChI=1S/C29H47ClO2/c1-19(2)20(3)7-6-8-21-10-12-25-24-11-9-22-17-23(32-27(31)18-30)13-15-29(22,5)26(24)14-16-28(21,25)4/h9,19-21,23-26H,6-8,10-18H2,1-5H3. The molecule has 3 heteroatoms. The Morgan fingerprint density at radius 3 is 2.62 bits per heavy atom. The summed E-state index contributed by atoms with van der Waals surface area (Å²) in [7, 11) is 0. The molecule has 0 amide bonds. The second-order valence-electron chi connectivity index (χ2n) is 12.7. The predicted octanol–water partition coefficient (Wildman–Crippen LogP) is 8.18. The fourth-order valence-electron chi connectivity index (χ4n) is 8.55. The van der Waals surface area contributed by atoms with Gasteiger partial charge in [0, 0.05) is 6.42 Å². The van der Waals surface area contributed by atoms with Crippen molar-refractivity contribution in [3.63, 3.8) is 0 Å². The van der Waals surface area contributed by atoms with Crippen LogP contribution < -0.4 is 0 Å². The largest absolute Gasteiger partial charge is 0.461 e. The van der Waals surface area contributed by atoms with Crippen LogP contribution in [0.4, 0.5) is 0 Å². The summed E-state index contributed by atoms with van der Waals surface area (Å²) in [6, 6.07) is 0. The van der Waals surface area contributed by atoms with Crippen LogP contribution in [0.5, 0.6) is 0 Å². The van der Waals surface area contributed by atoms with E-state index in [9.17, 15) is 4.79 Å². The Bertz CT molecular complexity index is 714. The summed E-state index contributed by atoms with van der Waals surface area (Å²) in [6.07, 6.45) is 17.0. The maximum absolute atomic E-state index is 11.7. The van der Waals surface area contributed by atoms with Gasteiger partial charge in [-0.2, -0.15) is 0 Å². The van der Waals surface area contributed by atoms with Gasteiger partial charge in [0.15, 0.2) is 0 Å². The number of ether oxygens (including phenoxy) is 1. The molecule has 2 nitrogen and oxygen atoms in total. The monoisotopic (exact) mass is 462 g/mol. The van der Waals surface area contributed by atoms with Crippen LogP contribution in [0.3, 0.4) is 0 Å². The van der Waals surface area contributed by atoms with Gasteiger partial charge in [-0.25, -0.2) is 0 Å². The normalized spacial score (nSPS) is 42.0. The summed E-state index contributed by atoms with van der Waals surface area (Å²) in [5.41, 5.74) is 2.47. The summed E-state index contributed by atoms with van der Waals surface area (Å²) in [6.45, 7) is 12.4. The van der Waals surface area contributed by atoms with Gasteiger partial charge in [-0.1, -0.05) is 59.1 Å². The van der Waals surface area contributed by atoms with Crippen molar-refractivity contribution in [2.24, 2.45) is 46.3 Å². The number of fused-ring (bicyclic) bond motifs is 5. The molecule has 0 aliphatic heterocycles. The summed E-state index contributed by atoms with van der Waals surface area (Å²) >= 11 is 5.68. The molecule has 0 radical (unpaired) electrons. The molecular weight excluding hydrogens is 416 g/mol. The lowest BCUT2D eigenvalue weighted by Crippen LogP contribution is -2.50. The lowest BCUT2D eigenvalue weighted by Gasteiger charge is -2.58. The Morgan fingerprint density at radius 1 is 1.12 bits per heavy atom. The van der Waals surface area contributed by atoms with Crippen LogP contribution in [0.25, 0.3) is 0 Å². The molecule has 0 aromatic heterocycles. The van der Waals surface area contributed by atoms with Gasteiger partial charge in [-0.3, -0.25) is 4.79 Å². The van der Waals surface area contributed by atoms with Crippen LogP contribution in [-0.2, 0) is 9.53 Å². The number of esters is 1. The van der Waals surface area contributed by atoms with Crippen molar-refractivity contribution in [2.75, 3.05) is 5.88 Å². The molecule has 182 valence electrons. The lowest BCUT2D eigenvalue weighted by atomic mass is 9.47. The van der Waals surface area contributed by atoms with Crippen LogP contribution in [0.1, 0.15) is 105 Å². The maximum atomic E-state index is 11.7. The molecule has 3 saturated carbocycles. The zero-order chi connectivity index (χ0) is 23.1. The molecule has 32 heavy (non-hydrogen) atoms. The van der Waals surface area contributed by atoms with E-state index in [4.69, 9.17) is 16.3 Å². The number of carbonyl (C=O) groups is 1. The average molecular weight is 463 g/mol. The highest BCUT2D eigenvalue weighted by Crippen LogP contribution is 2.66. The number of hydrogen-bond acceptors (Lipinski definition) is 2. The minimum Gasteiger partial charge on any atom is -0.461 e. The third-order valence-corrected chi connectivity index (χ3v) is 11.2. The number of carbonyl (C=O) groups excluding carboxylic acids is 1. The molecule has 0 aromatic carbocycles. The molecule has 8 unspecified atom stereocenters. The molecular formula is C29H47ClO2. The van der Waals surface area contributed by atoms with E-state index in [2.05, 4.69) is 40.7 Å². The van der Waals surface area contributed by atoms with Gasteiger partial charge in [0.2, 0.25) is 0 Å². The van der Waals surface area contributed by atoms with Gasteiger partial charge in [-0.15, -0.1) is 11.6 Å². The van der Waals surface area contributed by atoms with Gasteiger partial charge in [-0.05, 0) is 97.7 Å². The van der Waals surface area contributed by atoms with E-state index in [-0.39, 0.29) is 18.0 Å². The summed E-state index contributed by atoms with van der Waals surface area (Å²) in [4.78, 5) is 11.7. The number of hydrogen-bond donors (Lipinski definition) is 0. The molecule has 3 fully saturated rings. The van der Waals surface area contributed by atoms with Gasteiger partial charge in [0.25, 0.3) is 0 Å². The van der Waals surface area contributed by atoms with Crippen molar-refractivity contribution in [3.05, 3.63) is 11.6 Å². The van der Waals surface area contributed by atoms with Crippen molar-refractivity contribution < 1.29 is 9.53 Å². The van der Waals surface area contributed by atoms with Crippen LogP contribution in [-0.4, -0.2) is 18.0 Å².